The molecule has 1 saturated carbocycles. The number of hydrogen-bond donors (Lipinski definition) is 0. The Kier molecular flexibility index (Phi) is 3.44. The molecule has 0 radical (unpaired) electrons. The van der Waals surface area contributed by atoms with E-state index in [0.29, 0.717) is 28.2 Å². The number of aromatic nitrogens is 5. The molecule has 0 aliphatic heterocycles. The summed E-state index contributed by atoms with van der Waals surface area (Å²) in [7, 11) is 0. The molecule has 25 heavy (non-hydrogen) atoms. The summed E-state index contributed by atoms with van der Waals surface area (Å²) in [5.41, 5.74) is 2.73. The van der Waals surface area contributed by atoms with Gasteiger partial charge < -0.3 is 8.94 Å². The number of fused-ring (bicyclic) bond motifs is 1. The fraction of sp³-hybridized carbons (Fsp3) is 0.294. The van der Waals surface area contributed by atoms with Crippen LogP contribution in [0.4, 0.5) is 0 Å². The van der Waals surface area contributed by atoms with Crippen molar-refractivity contribution in [1.82, 2.24) is 25.1 Å². The van der Waals surface area contributed by atoms with Gasteiger partial charge in [-0.1, -0.05) is 23.2 Å². The maximum Gasteiger partial charge on any atom is 0.293 e. The minimum absolute atomic E-state index is 0.343. The van der Waals surface area contributed by atoms with Gasteiger partial charge in [-0.25, -0.2) is 4.68 Å². The highest BCUT2D eigenvalue weighted by molar-refractivity contribution is 9.10. The van der Waals surface area contributed by atoms with Crippen molar-refractivity contribution in [2.45, 2.75) is 31.7 Å². The smallest absolute Gasteiger partial charge is 0.293 e. The van der Waals surface area contributed by atoms with Gasteiger partial charge in [0, 0.05) is 5.56 Å². The summed E-state index contributed by atoms with van der Waals surface area (Å²) in [5.74, 6) is 1.37. The molecule has 0 unspecified atom stereocenters. The fourth-order valence-corrected chi connectivity index (χ4v) is 3.68. The first-order chi connectivity index (χ1) is 12.3. The van der Waals surface area contributed by atoms with Crippen molar-refractivity contribution in [3.63, 3.8) is 0 Å². The summed E-state index contributed by atoms with van der Waals surface area (Å²) >= 11 is 3.26. The van der Waals surface area contributed by atoms with E-state index in [4.69, 9.17) is 8.94 Å². The molecule has 1 aromatic carbocycles. The monoisotopic (exact) mass is 399 g/mol. The second-order valence-electron chi connectivity index (χ2n) is 6.20. The number of hydrogen-bond acceptors (Lipinski definition) is 6. The Bertz CT molecular complexity index is 1040. The maximum absolute atomic E-state index is 5.44. The lowest BCUT2D eigenvalue weighted by atomic mass is 10.1. The lowest BCUT2D eigenvalue weighted by Gasteiger charge is -2.09. The van der Waals surface area contributed by atoms with Crippen LogP contribution in [0.25, 0.3) is 34.1 Å². The van der Waals surface area contributed by atoms with Crippen molar-refractivity contribution >= 4 is 27.0 Å². The highest BCUT2D eigenvalue weighted by atomic mass is 79.9. The van der Waals surface area contributed by atoms with Gasteiger partial charge in [0.05, 0.1) is 11.6 Å². The van der Waals surface area contributed by atoms with Gasteiger partial charge in [-0.2, -0.15) is 4.98 Å². The van der Waals surface area contributed by atoms with Crippen LogP contribution in [0.5, 0.6) is 0 Å². The summed E-state index contributed by atoms with van der Waals surface area (Å²) in [6.45, 7) is 0. The van der Waals surface area contributed by atoms with Crippen LogP contribution in [-0.2, 0) is 0 Å². The van der Waals surface area contributed by atoms with E-state index in [2.05, 4.69) is 36.4 Å². The van der Waals surface area contributed by atoms with Crippen molar-refractivity contribution in [2.24, 2.45) is 0 Å². The van der Waals surface area contributed by atoms with E-state index in [0.717, 1.165) is 16.6 Å². The molecule has 1 aliphatic carbocycles. The standard InChI is InChI=1S/C17H14BrN5O2/c18-15-8-7-14(24-15)17-19-16(21-25-17)10-5-6-13-12(9-10)20-22-23(13)11-3-1-2-4-11/h5-9,11H,1-4H2. The molecule has 4 aromatic rings. The Morgan fingerprint density at radius 3 is 2.80 bits per heavy atom. The van der Waals surface area contributed by atoms with E-state index < -0.39 is 0 Å². The Morgan fingerprint density at radius 2 is 2.00 bits per heavy atom. The van der Waals surface area contributed by atoms with Crippen LogP contribution in [0.15, 0.2) is 43.9 Å². The van der Waals surface area contributed by atoms with Crippen molar-refractivity contribution in [1.29, 1.82) is 0 Å². The van der Waals surface area contributed by atoms with Gasteiger partial charge in [-0.05, 0) is 59.1 Å². The Hall–Kier alpha value is -2.48. The maximum atomic E-state index is 5.44. The van der Waals surface area contributed by atoms with Gasteiger partial charge >= 0.3 is 0 Å². The van der Waals surface area contributed by atoms with Crippen LogP contribution < -0.4 is 0 Å². The average Bonchev–Trinajstić information content (AvgIpc) is 3.39. The lowest BCUT2D eigenvalue weighted by Crippen LogP contribution is -2.06. The number of halogens is 1. The summed E-state index contributed by atoms with van der Waals surface area (Å²) in [6.07, 6.45) is 4.87. The second-order valence-corrected chi connectivity index (χ2v) is 6.98. The van der Waals surface area contributed by atoms with Crippen LogP contribution in [0.2, 0.25) is 0 Å². The summed E-state index contributed by atoms with van der Waals surface area (Å²) in [5, 5.41) is 12.7. The van der Waals surface area contributed by atoms with Crippen molar-refractivity contribution in [2.75, 3.05) is 0 Å². The molecule has 7 nitrogen and oxygen atoms in total. The fourth-order valence-electron chi connectivity index (χ4n) is 3.37. The van der Waals surface area contributed by atoms with E-state index in [9.17, 15) is 0 Å². The van der Waals surface area contributed by atoms with Crippen molar-refractivity contribution < 1.29 is 8.94 Å². The molecule has 0 atom stereocenters. The Labute approximate surface area is 151 Å². The van der Waals surface area contributed by atoms with Crippen LogP contribution in [0.3, 0.4) is 0 Å². The molecule has 1 aliphatic rings. The molecule has 5 rings (SSSR count). The highest BCUT2D eigenvalue weighted by Gasteiger charge is 2.21. The molecule has 0 spiro atoms. The van der Waals surface area contributed by atoms with Gasteiger partial charge in [0.15, 0.2) is 10.4 Å². The van der Waals surface area contributed by atoms with E-state index in [1.165, 1.54) is 25.7 Å². The molecule has 0 N–H and O–H groups in total. The first-order valence-corrected chi connectivity index (χ1v) is 9.02. The Balaban J connectivity index is 1.50. The molecule has 0 saturated heterocycles. The largest absolute Gasteiger partial charge is 0.444 e. The number of furan rings is 1. The van der Waals surface area contributed by atoms with Crippen molar-refractivity contribution in [3.8, 4) is 23.0 Å². The van der Waals surface area contributed by atoms with Crippen LogP contribution in [0.1, 0.15) is 31.7 Å². The van der Waals surface area contributed by atoms with E-state index in [1.807, 2.05) is 22.9 Å². The van der Waals surface area contributed by atoms with Gasteiger partial charge in [-0.3, -0.25) is 0 Å². The SMILES string of the molecule is Brc1ccc(-c2nc(-c3ccc4c(c3)nnn4C3CCCC3)no2)o1. The van der Waals surface area contributed by atoms with Gasteiger partial charge in [-0.15, -0.1) is 5.10 Å². The molecule has 126 valence electrons. The molecule has 0 amide bonds. The third kappa shape index (κ3) is 2.57. The predicted octanol–water partition coefficient (Wildman–Crippen LogP) is 4.62. The van der Waals surface area contributed by atoms with E-state index >= 15 is 0 Å². The molecular formula is C17H14BrN5O2. The normalized spacial score (nSPS) is 15.4. The third-order valence-electron chi connectivity index (χ3n) is 4.61. The van der Waals surface area contributed by atoms with Crippen LogP contribution >= 0.6 is 15.9 Å². The lowest BCUT2D eigenvalue weighted by molar-refractivity contribution is 0.414. The summed E-state index contributed by atoms with van der Waals surface area (Å²) in [4.78, 5) is 4.41. The summed E-state index contributed by atoms with van der Waals surface area (Å²) in [6, 6.07) is 9.97. The zero-order valence-corrected chi connectivity index (χ0v) is 14.8. The van der Waals surface area contributed by atoms with Gasteiger partial charge in [0.2, 0.25) is 5.82 Å². The van der Waals surface area contributed by atoms with Gasteiger partial charge in [0.1, 0.15) is 5.52 Å². The topological polar surface area (TPSA) is 82.8 Å². The molecule has 1 fully saturated rings. The third-order valence-corrected chi connectivity index (χ3v) is 5.04. The zero-order chi connectivity index (χ0) is 16.8. The molecule has 0 bridgehead atoms. The van der Waals surface area contributed by atoms with Crippen LogP contribution in [-0.4, -0.2) is 25.1 Å². The second kappa shape index (κ2) is 5.80. The average molecular weight is 400 g/mol. The van der Waals surface area contributed by atoms with Crippen molar-refractivity contribution in [3.05, 3.63) is 35.0 Å². The first-order valence-electron chi connectivity index (χ1n) is 8.23. The van der Waals surface area contributed by atoms with E-state index in [-0.39, 0.29) is 0 Å². The molecule has 3 heterocycles. The number of nitrogens with zero attached hydrogens (tertiary/aromatic N) is 5. The van der Waals surface area contributed by atoms with E-state index in [1.54, 1.807) is 12.1 Å². The molecule has 8 heteroatoms. The summed E-state index contributed by atoms with van der Waals surface area (Å²) < 4.78 is 13.4. The van der Waals surface area contributed by atoms with Crippen LogP contribution in [0, 0.1) is 0 Å². The highest BCUT2D eigenvalue weighted by Crippen LogP contribution is 2.32. The Morgan fingerprint density at radius 1 is 1.12 bits per heavy atom. The number of benzene rings is 1. The first kappa shape index (κ1) is 14.8. The predicted molar refractivity (Wildman–Crippen MR) is 93.7 cm³/mol. The number of rotatable bonds is 3. The molecular weight excluding hydrogens is 386 g/mol. The van der Waals surface area contributed by atoms with Gasteiger partial charge in [0.25, 0.3) is 5.89 Å². The molecule has 3 aromatic heterocycles. The minimum Gasteiger partial charge on any atom is -0.444 e. The minimum atomic E-state index is 0.343. The quantitative estimate of drug-likeness (QED) is 0.499. The zero-order valence-electron chi connectivity index (χ0n) is 13.2.